The number of thiophene rings is 1. The molecule has 2 aromatic carbocycles. The van der Waals surface area contributed by atoms with Gasteiger partial charge in [0.1, 0.15) is 0 Å². The molecule has 28 heavy (non-hydrogen) atoms. The number of anilines is 1. The second-order valence-electron chi connectivity index (χ2n) is 6.22. The van der Waals surface area contributed by atoms with Crippen LogP contribution in [-0.4, -0.2) is 37.0 Å². The van der Waals surface area contributed by atoms with E-state index in [2.05, 4.69) is 5.32 Å². The fourth-order valence-electron chi connectivity index (χ4n) is 2.77. The minimum atomic E-state index is -0.180. The van der Waals surface area contributed by atoms with Gasteiger partial charge in [0.2, 0.25) is 0 Å². The molecule has 2 amide bonds. The third-order valence-corrected chi connectivity index (χ3v) is 5.05. The third kappa shape index (κ3) is 5.28. The van der Waals surface area contributed by atoms with Crippen molar-refractivity contribution in [2.45, 2.75) is 6.54 Å². The van der Waals surface area contributed by atoms with Gasteiger partial charge in [0.25, 0.3) is 11.8 Å². The number of rotatable bonds is 8. The van der Waals surface area contributed by atoms with Gasteiger partial charge in [-0.3, -0.25) is 9.59 Å². The molecule has 3 aromatic rings. The monoisotopic (exact) mass is 394 g/mol. The molecule has 0 fully saturated rings. The molecule has 144 valence electrons. The number of methoxy groups -OCH3 is 1. The molecule has 0 saturated heterocycles. The lowest BCUT2D eigenvalue weighted by Crippen LogP contribution is -2.33. The fraction of sp³-hybridized carbons (Fsp3) is 0.182. The summed E-state index contributed by atoms with van der Waals surface area (Å²) < 4.78 is 5.16. The molecular weight excluding hydrogens is 372 g/mol. The lowest BCUT2D eigenvalue weighted by molar-refractivity contribution is 0.0680. The summed E-state index contributed by atoms with van der Waals surface area (Å²) in [5.74, 6) is -0.284. The van der Waals surface area contributed by atoms with Crippen molar-refractivity contribution in [2.75, 3.05) is 25.6 Å². The Morgan fingerprint density at radius 2 is 1.86 bits per heavy atom. The molecule has 0 saturated carbocycles. The first-order valence-corrected chi connectivity index (χ1v) is 9.82. The molecule has 5 nitrogen and oxygen atoms in total. The van der Waals surface area contributed by atoms with E-state index in [1.54, 1.807) is 42.3 Å². The van der Waals surface area contributed by atoms with Gasteiger partial charge in [0, 0.05) is 31.5 Å². The van der Waals surface area contributed by atoms with Crippen molar-refractivity contribution in [1.29, 1.82) is 0 Å². The van der Waals surface area contributed by atoms with Crippen LogP contribution < -0.4 is 5.32 Å². The number of carbonyl (C=O) groups excluding carboxylic acids is 2. The predicted molar refractivity (Wildman–Crippen MR) is 112 cm³/mol. The van der Waals surface area contributed by atoms with Gasteiger partial charge in [0.15, 0.2) is 0 Å². The average molecular weight is 394 g/mol. The molecule has 0 spiro atoms. The van der Waals surface area contributed by atoms with Gasteiger partial charge in [-0.25, -0.2) is 0 Å². The Labute approximate surface area is 168 Å². The van der Waals surface area contributed by atoms with Crippen molar-refractivity contribution in [3.63, 3.8) is 0 Å². The van der Waals surface area contributed by atoms with Crippen LogP contribution in [0.15, 0.2) is 72.1 Å². The van der Waals surface area contributed by atoms with Gasteiger partial charge in [-0.1, -0.05) is 42.5 Å². The standard InChI is InChI=1S/C22H22N2O3S/c1-27-13-12-24(16-17-7-3-2-4-8-17)22(26)18-9-5-10-19(15-18)23-21(25)20-11-6-14-28-20/h2-11,14-15H,12-13,16H2,1H3,(H,23,25). The maximum absolute atomic E-state index is 13.1. The van der Waals surface area contributed by atoms with Crippen molar-refractivity contribution in [3.8, 4) is 0 Å². The highest BCUT2D eigenvalue weighted by atomic mass is 32.1. The lowest BCUT2D eigenvalue weighted by Gasteiger charge is -2.23. The van der Waals surface area contributed by atoms with Crippen LogP contribution in [0.5, 0.6) is 0 Å². The van der Waals surface area contributed by atoms with Gasteiger partial charge in [-0.05, 0) is 35.2 Å². The Kier molecular flexibility index (Phi) is 6.94. The largest absolute Gasteiger partial charge is 0.383 e. The highest BCUT2D eigenvalue weighted by Gasteiger charge is 2.17. The third-order valence-electron chi connectivity index (χ3n) is 4.18. The summed E-state index contributed by atoms with van der Waals surface area (Å²) in [5, 5.41) is 4.70. The maximum Gasteiger partial charge on any atom is 0.265 e. The summed E-state index contributed by atoms with van der Waals surface area (Å²) in [4.78, 5) is 27.7. The number of nitrogens with zero attached hydrogens (tertiary/aromatic N) is 1. The number of carbonyl (C=O) groups is 2. The van der Waals surface area contributed by atoms with Crippen LogP contribution in [-0.2, 0) is 11.3 Å². The first-order chi connectivity index (χ1) is 13.7. The summed E-state index contributed by atoms with van der Waals surface area (Å²) in [7, 11) is 1.62. The Morgan fingerprint density at radius 3 is 2.57 bits per heavy atom. The van der Waals surface area contributed by atoms with Gasteiger partial charge >= 0.3 is 0 Å². The second-order valence-corrected chi connectivity index (χ2v) is 7.17. The van der Waals surface area contributed by atoms with E-state index in [1.807, 2.05) is 41.8 Å². The highest BCUT2D eigenvalue weighted by molar-refractivity contribution is 7.12. The summed E-state index contributed by atoms with van der Waals surface area (Å²) in [5.41, 5.74) is 2.17. The quantitative estimate of drug-likeness (QED) is 0.620. The molecule has 1 aromatic heterocycles. The van der Waals surface area contributed by atoms with Crippen LogP contribution in [0.25, 0.3) is 0 Å². The van der Waals surface area contributed by atoms with Crippen molar-refractivity contribution in [2.24, 2.45) is 0 Å². The van der Waals surface area contributed by atoms with Crippen LogP contribution in [0.2, 0.25) is 0 Å². The first kappa shape index (κ1) is 19.8. The Balaban J connectivity index is 1.75. The van der Waals surface area contributed by atoms with E-state index in [-0.39, 0.29) is 11.8 Å². The minimum Gasteiger partial charge on any atom is -0.383 e. The second kappa shape index (κ2) is 9.82. The number of amides is 2. The summed E-state index contributed by atoms with van der Waals surface area (Å²) >= 11 is 1.37. The van der Waals surface area contributed by atoms with Gasteiger partial charge < -0.3 is 15.0 Å². The molecule has 0 radical (unpaired) electrons. The molecule has 6 heteroatoms. The summed E-state index contributed by atoms with van der Waals surface area (Å²) in [6.45, 7) is 1.43. The molecule has 0 bridgehead atoms. The zero-order valence-electron chi connectivity index (χ0n) is 15.6. The van der Waals surface area contributed by atoms with Crippen molar-refractivity contribution in [3.05, 3.63) is 88.1 Å². The average Bonchev–Trinajstić information content (AvgIpc) is 3.27. The molecule has 0 aliphatic heterocycles. The van der Waals surface area contributed by atoms with Crippen LogP contribution in [0, 0.1) is 0 Å². The van der Waals surface area contributed by atoms with Gasteiger partial charge in [0.05, 0.1) is 11.5 Å². The Hall–Kier alpha value is -2.96. The van der Waals surface area contributed by atoms with E-state index in [1.165, 1.54) is 11.3 Å². The van der Waals surface area contributed by atoms with E-state index >= 15 is 0 Å². The summed E-state index contributed by atoms with van der Waals surface area (Å²) in [6, 6.07) is 20.4. The SMILES string of the molecule is COCCN(Cc1ccccc1)C(=O)c1cccc(NC(=O)c2cccs2)c1. The fourth-order valence-corrected chi connectivity index (χ4v) is 3.39. The molecule has 3 rings (SSSR count). The van der Waals surface area contributed by atoms with Crippen LogP contribution in [0.1, 0.15) is 25.6 Å². The molecule has 1 N–H and O–H groups in total. The number of benzene rings is 2. The molecule has 1 heterocycles. The van der Waals surface area contributed by atoms with E-state index in [9.17, 15) is 9.59 Å². The number of nitrogens with one attached hydrogen (secondary N) is 1. The normalized spacial score (nSPS) is 10.5. The minimum absolute atomic E-state index is 0.104. The molecule has 0 atom stereocenters. The van der Waals surface area contributed by atoms with E-state index in [0.717, 1.165) is 5.56 Å². The van der Waals surface area contributed by atoms with E-state index in [4.69, 9.17) is 4.74 Å². The number of ether oxygens (including phenoxy) is 1. The topological polar surface area (TPSA) is 58.6 Å². The van der Waals surface area contributed by atoms with E-state index < -0.39 is 0 Å². The Bertz CT molecular complexity index is 911. The number of hydrogen-bond acceptors (Lipinski definition) is 4. The van der Waals surface area contributed by atoms with Gasteiger partial charge in [-0.15, -0.1) is 11.3 Å². The zero-order chi connectivity index (χ0) is 19.8. The highest BCUT2D eigenvalue weighted by Crippen LogP contribution is 2.17. The van der Waals surface area contributed by atoms with Gasteiger partial charge in [-0.2, -0.15) is 0 Å². The lowest BCUT2D eigenvalue weighted by atomic mass is 10.1. The number of hydrogen-bond donors (Lipinski definition) is 1. The smallest absolute Gasteiger partial charge is 0.265 e. The molecule has 0 aliphatic rings. The zero-order valence-corrected chi connectivity index (χ0v) is 16.4. The summed E-state index contributed by atoms with van der Waals surface area (Å²) in [6.07, 6.45) is 0. The molecule has 0 aliphatic carbocycles. The van der Waals surface area contributed by atoms with Crippen LogP contribution in [0.3, 0.4) is 0 Å². The molecular formula is C22H22N2O3S. The van der Waals surface area contributed by atoms with Crippen molar-refractivity contribution < 1.29 is 14.3 Å². The van der Waals surface area contributed by atoms with Crippen LogP contribution >= 0.6 is 11.3 Å². The predicted octanol–water partition coefficient (Wildman–Crippen LogP) is 4.29. The Morgan fingerprint density at radius 1 is 1.04 bits per heavy atom. The van der Waals surface area contributed by atoms with Crippen molar-refractivity contribution >= 4 is 28.8 Å². The first-order valence-electron chi connectivity index (χ1n) is 8.94. The maximum atomic E-state index is 13.1. The van der Waals surface area contributed by atoms with Crippen LogP contribution in [0.4, 0.5) is 5.69 Å². The van der Waals surface area contributed by atoms with E-state index in [0.29, 0.717) is 35.8 Å². The van der Waals surface area contributed by atoms with Crippen molar-refractivity contribution in [1.82, 2.24) is 4.90 Å². The molecule has 0 unspecified atom stereocenters.